The summed E-state index contributed by atoms with van der Waals surface area (Å²) in [7, 11) is 0. The van der Waals surface area contributed by atoms with Gasteiger partial charge in [-0.05, 0) is 30.0 Å². The van der Waals surface area contributed by atoms with Gasteiger partial charge in [0.05, 0.1) is 16.8 Å². The van der Waals surface area contributed by atoms with Crippen LogP contribution < -0.4 is 5.32 Å². The first kappa shape index (κ1) is 11.3. The fourth-order valence-electron chi connectivity index (χ4n) is 1.73. The van der Waals surface area contributed by atoms with Gasteiger partial charge in [0.25, 0.3) is 0 Å². The topological polar surface area (TPSA) is 63.8 Å². The van der Waals surface area contributed by atoms with Crippen LogP contribution in [0.2, 0.25) is 0 Å². The van der Waals surface area contributed by atoms with Crippen LogP contribution in [0, 0.1) is 0 Å². The molecule has 0 saturated heterocycles. The van der Waals surface area contributed by atoms with Crippen LogP contribution in [0.25, 0.3) is 10.2 Å². The molecule has 0 aliphatic carbocycles. The van der Waals surface area contributed by atoms with Crippen molar-refractivity contribution in [1.29, 1.82) is 0 Å². The molecular formula is C12H12N4OS. The Hall–Kier alpha value is -1.79. The van der Waals surface area contributed by atoms with Crippen molar-refractivity contribution < 1.29 is 4.52 Å². The maximum Gasteiger partial charge on any atom is 0.213 e. The summed E-state index contributed by atoms with van der Waals surface area (Å²) in [6.07, 6.45) is 3.24. The van der Waals surface area contributed by atoms with Crippen LogP contribution in [0.4, 0.5) is 0 Å². The summed E-state index contributed by atoms with van der Waals surface area (Å²) in [5, 5.41) is 9.15. The zero-order valence-electron chi connectivity index (χ0n) is 9.83. The lowest BCUT2D eigenvalue weighted by molar-refractivity contribution is 0.405. The fourth-order valence-corrected chi connectivity index (χ4v) is 2.52. The van der Waals surface area contributed by atoms with E-state index in [0.717, 1.165) is 11.1 Å². The molecule has 1 unspecified atom stereocenters. The first-order valence-corrected chi connectivity index (χ1v) is 6.52. The van der Waals surface area contributed by atoms with Gasteiger partial charge < -0.3 is 9.84 Å². The fraction of sp³-hybridized carbons (Fsp3) is 0.250. The standard InChI is InChI=1S/C12H12N4OS/c1-8(13-6-12-15-7-17-16-12)9-4-11-10(14-5-9)2-3-18-11/h2-5,7-8,13H,6H2,1H3. The highest BCUT2D eigenvalue weighted by Gasteiger charge is 2.08. The van der Waals surface area contributed by atoms with Crippen LogP contribution in [0.15, 0.2) is 34.6 Å². The van der Waals surface area contributed by atoms with E-state index >= 15 is 0 Å². The van der Waals surface area contributed by atoms with E-state index in [4.69, 9.17) is 0 Å². The first-order chi connectivity index (χ1) is 8.83. The van der Waals surface area contributed by atoms with Crippen LogP contribution in [0.1, 0.15) is 24.4 Å². The summed E-state index contributed by atoms with van der Waals surface area (Å²) in [6.45, 7) is 2.68. The Morgan fingerprint density at radius 1 is 1.44 bits per heavy atom. The molecule has 0 spiro atoms. The lowest BCUT2D eigenvalue weighted by atomic mass is 10.1. The number of fused-ring (bicyclic) bond motifs is 1. The number of nitrogens with one attached hydrogen (secondary N) is 1. The molecule has 1 N–H and O–H groups in total. The van der Waals surface area contributed by atoms with Crippen molar-refractivity contribution in [3.05, 3.63) is 41.5 Å². The van der Waals surface area contributed by atoms with Crippen molar-refractivity contribution in [2.75, 3.05) is 0 Å². The molecule has 0 saturated carbocycles. The van der Waals surface area contributed by atoms with Gasteiger partial charge in [-0.1, -0.05) is 5.16 Å². The SMILES string of the molecule is CC(NCc1ncon1)c1cnc2ccsc2c1. The number of aromatic nitrogens is 3. The monoisotopic (exact) mass is 260 g/mol. The van der Waals surface area contributed by atoms with Crippen LogP contribution >= 0.6 is 11.3 Å². The summed E-state index contributed by atoms with van der Waals surface area (Å²) in [5.41, 5.74) is 2.21. The van der Waals surface area contributed by atoms with Crippen molar-refractivity contribution in [3.8, 4) is 0 Å². The van der Waals surface area contributed by atoms with Gasteiger partial charge in [-0.3, -0.25) is 4.98 Å². The second-order valence-corrected chi connectivity index (χ2v) is 4.97. The highest BCUT2D eigenvalue weighted by atomic mass is 32.1. The molecule has 3 rings (SSSR count). The Morgan fingerprint density at radius 3 is 3.22 bits per heavy atom. The predicted molar refractivity (Wildman–Crippen MR) is 69.2 cm³/mol. The Kier molecular flexibility index (Phi) is 3.04. The zero-order chi connectivity index (χ0) is 12.4. The molecule has 5 nitrogen and oxygen atoms in total. The van der Waals surface area contributed by atoms with Gasteiger partial charge in [0.1, 0.15) is 0 Å². The molecule has 6 heteroatoms. The van der Waals surface area contributed by atoms with E-state index < -0.39 is 0 Å². The summed E-state index contributed by atoms with van der Waals surface area (Å²) in [6, 6.07) is 4.39. The summed E-state index contributed by atoms with van der Waals surface area (Å²) in [4.78, 5) is 8.40. The van der Waals surface area contributed by atoms with Crippen LogP contribution in [-0.4, -0.2) is 15.1 Å². The average molecular weight is 260 g/mol. The van der Waals surface area contributed by atoms with Crippen LogP contribution in [-0.2, 0) is 6.54 Å². The lowest BCUT2D eigenvalue weighted by Gasteiger charge is -2.12. The van der Waals surface area contributed by atoms with Gasteiger partial charge in [0, 0.05) is 12.2 Å². The van der Waals surface area contributed by atoms with Gasteiger partial charge in [-0.15, -0.1) is 11.3 Å². The third-order valence-electron chi connectivity index (χ3n) is 2.80. The molecule has 0 aliphatic heterocycles. The highest BCUT2D eigenvalue weighted by Crippen LogP contribution is 2.22. The Balaban J connectivity index is 1.72. The first-order valence-electron chi connectivity index (χ1n) is 5.65. The minimum Gasteiger partial charge on any atom is -0.343 e. The molecule has 1 atom stereocenters. The summed E-state index contributed by atoms with van der Waals surface area (Å²) < 4.78 is 5.90. The van der Waals surface area contributed by atoms with Crippen LogP contribution in [0.5, 0.6) is 0 Å². The normalized spacial score (nSPS) is 12.9. The van der Waals surface area contributed by atoms with E-state index in [2.05, 4.69) is 43.3 Å². The second-order valence-electron chi connectivity index (χ2n) is 4.02. The lowest BCUT2D eigenvalue weighted by Crippen LogP contribution is -2.18. The molecular weight excluding hydrogens is 248 g/mol. The number of nitrogens with zero attached hydrogens (tertiary/aromatic N) is 3. The Bertz CT molecular complexity index is 634. The largest absolute Gasteiger partial charge is 0.343 e. The molecule has 3 heterocycles. The number of thiophene rings is 1. The molecule has 3 aromatic heterocycles. The summed E-state index contributed by atoms with van der Waals surface area (Å²) in [5.74, 6) is 0.659. The molecule has 0 radical (unpaired) electrons. The molecule has 0 aromatic carbocycles. The van der Waals surface area contributed by atoms with Gasteiger partial charge in [0.15, 0.2) is 5.82 Å². The van der Waals surface area contributed by atoms with Crippen molar-refractivity contribution in [2.24, 2.45) is 0 Å². The smallest absolute Gasteiger partial charge is 0.213 e. The zero-order valence-corrected chi connectivity index (χ0v) is 10.6. The third-order valence-corrected chi connectivity index (χ3v) is 3.65. The van der Waals surface area contributed by atoms with E-state index in [9.17, 15) is 0 Å². The molecule has 3 aromatic rings. The third kappa shape index (κ3) is 2.25. The Morgan fingerprint density at radius 2 is 2.39 bits per heavy atom. The van der Waals surface area contributed by atoms with E-state index in [0.29, 0.717) is 12.4 Å². The van der Waals surface area contributed by atoms with Gasteiger partial charge in [-0.25, -0.2) is 0 Å². The minimum atomic E-state index is 0.197. The number of rotatable bonds is 4. The number of pyridine rings is 1. The predicted octanol–water partition coefficient (Wildman–Crippen LogP) is 2.53. The molecule has 0 bridgehead atoms. The molecule has 0 amide bonds. The van der Waals surface area contributed by atoms with Crippen molar-refractivity contribution in [1.82, 2.24) is 20.4 Å². The second kappa shape index (κ2) is 4.83. The molecule has 18 heavy (non-hydrogen) atoms. The minimum absolute atomic E-state index is 0.197. The Labute approximate surface area is 108 Å². The van der Waals surface area contributed by atoms with Gasteiger partial charge in [0.2, 0.25) is 6.39 Å². The average Bonchev–Trinajstić information content (AvgIpc) is 3.05. The molecule has 92 valence electrons. The highest BCUT2D eigenvalue weighted by molar-refractivity contribution is 7.17. The molecule has 0 fully saturated rings. The maximum atomic E-state index is 4.69. The van der Waals surface area contributed by atoms with E-state index in [1.54, 1.807) is 11.3 Å². The van der Waals surface area contributed by atoms with Crippen LogP contribution in [0.3, 0.4) is 0 Å². The quantitative estimate of drug-likeness (QED) is 0.781. The van der Waals surface area contributed by atoms with Crippen molar-refractivity contribution >= 4 is 21.6 Å². The van der Waals surface area contributed by atoms with Crippen molar-refractivity contribution in [2.45, 2.75) is 19.5 Å². The summed E-state index contributed by atoms with van der Waals surface area (Å²) >= 11 is 1.70. The van der Waals surface area contributed by atoms with E-state index in [-0.39, 0.29) is 6.04 Å². The van der Waals surface area contributed by atoms with Gasteiger partial charge in [-0.2, -0.15) is 4.98 Å². The number of hydrogen-bond donors (Lipinski definition) is 1. The van der Waals surface area contributed by atoms with Crippen molar-refractivity contribution in [3.63, 3.8) is 0 Å². The number of hydrogen-bond acceptors (Lipinski definition) is 6. The van der Waals surface area contributed by atoms with Gasteiger partial charge >= 0.3 is 0 Å². The van der Waals surface area contributed by atoms with E-state index in [1.165, 1.54) is 11.1 Å². The molecule has 0 aliphatic rings. The maximum absolute atomic E-state index is 4.69. The van der Waals surface area contributed by atoms with E-state index in [1.807, 2.05) is 12.3 Å².